The molecule has 2 saturated heterocycles. The van der Waals surface area contributed by atoms with E-state index < -0.39 is 0 Å². The second-order valence-corrected chi connectivity index (χ2v) is 5.60. The average molecular weight is 271 g/mol. The van der Waals surface area contributed by atoms with E-state index in [2.05, 4.69) is 22.9 Å². The Bertz CT molecular complexity index is 512. The van der Waals surface area contributed by atoms with E-state index in [4.69, 9.17) is 0 Å². The van der Waals surface area contributed by atoms with Crippen molar-refractivity contribution in [1.82, 2.24) is 4.90 Å². The van der Waals surface area contributed by atoms with Gasteiger partial charge in [0.25, 0.3) is 0 Å². The first-order valence-electron chi connectivity index (χ1n) is 7.30. The Kier molecular flexibility index (Phi) is 3.63. The molecule has 0 bridgehead atoms. The third kappa shape index (κ3) is 2.64. The van der Waals surface area contributed by atoms with Crippen LogP contribution in [0.4, 0.5) is 16.2 Å². The molecule has 0 saturated carbocycles. The zero-order valence-electron chi connectivity index (χ0n) is 11.8. The molecular weight excluding hydrogens is 250 g/mol. The fourth-order valence-corrected chi connectivity index (χ4v) is 2.82. The number of piperidine rings is 1. The number of urea groups is 1. The van der Waals surface area contributed by atoms with Crippen LogP contribution in [-0.2, 0) is 0 Å². The summed E-state index contributed by atoms with van der Waals surface area (Å²) in [7, 11) is 0. The molecule has 4 heteroatoms. The Morgan fingerprint density at radius 3 is 2.50 bits per heavy atom. The van der Waals surface area contributed by atoms with Gasteiger partial charge >= 0.3 is 6.03 Å². The van der Waals surface area contributed by atoms with E-state index in [-0.39, 0.29) is 6.03 Å². The highest BCUT2D eigenvalue weighted by molar-refractivity contribution is 5.94. The van der Waals surface area contributed by atoms with E-state index in [9.17, 15) is 4.79 Å². The standard InChI is InChI=1S/C16H21N3O/c1-13-11-19(12-13)16(20)17-14-7-3-4-8-15(14)18-9-5-2-6-10-18/h3-4,7-8H,1-2,5-6,9-12H2,(H,17,20). The molecule has 0 radical (unpaired) electrons. The first-order valence-corrected chi connectivity index (χ1v) is 7.30. The zero-order valence-corrected chi connectivity index (χ0v) is 11.8. The first-order chi connectivity index (χ1) is 9.74. The van der Waals surface area contributed by atoms with Crippen molar-refractivity contribution in [3.63, 3.8) is 0 Å². The molecule has 3 rings (SSSR count). The van der Waals surface area contributed by atoms with E-state index in [1.54, 1.807) is 4.90 Å². The van der Waals surface area contributed by atoms with Gasteiger partial charge in [-0.15, -0.1) is 0 Å². The van der Waals surface area contributed by atoms with Crippen molar-refractivity contribution in [2.75, 3.05) is 36.4 Å². The number of rotatable bonds is 2. The summed E-state index contributed by atoms with van der Waals surface area (Å²) < 4.78 is 0. The van der Waals surface area contributed by atoms with Crippen molar-refractivity contribution in [3.05, 3.63) is 36.4 Å². The monoisotopic (exact) mass is 271 g/mol. The van der Waals surface area contributed by atoms with Gasteiger partial charge in [-0.25, -0.2) is 4.79 Å². The highest BCUT2D eigenvalue weighted by atomic mass is 16.2. The van der Waals surface area contributed by atoms with E-state index in [1.807, 2.05) is 18.2 Å². The van der Waals surface area contributed by atoms with Gasteiger partial charge in [0, 0.05) is 26.2 Å². The number of nitrogens with one attached hydrogen (secondary N) is 1. The number of nitrogens with zero attached hydrogens (tertiary/aromatic N) is 2. The van der Waals surface area contributed by atoms with Crippen molar-refractivity contribution >= 4 is 17.4 Å². The molecule has 0 spiro atoms. The van der Waals surface area contributed by atoms with Crippen LogP contribution in [0.3, 0.4) is 0 Å². The second-order valence-electron chi connectivity index (χ2n) is 5.60. The largest absolute Gasteiger partial charge is 0.370 e. The molecule has 1 N–H and O–H groups in total. The number of carbonyl (C=O) groups is 1. The lowest BCUT2D eigenvalue weighted by atomic mass is 10.1. The summed E-state index contributed by atoms with van der Waals surface area (Å²) in [6, 6.07) is 8.05. The molecular formula is C16H21N3O. The highest BCUT2D eigenvalue weighted by Gasteiger charge is 2.24. The molecule has 4 nitrogen and oxygen atoms in total. The summed E-state index contributed by atoms with van der Waals surface area (Å²) in [4.78, 5) is 16.3. The number of anilines is 2. The van der Waals surface area contributed by atoms with Crippen LogP contribution in [0.25, 0.3) is 0 Å². The number of para-hydroxylation sites is 2. The minimum absolute atomic E-state index is 0.0261. The lowest BCUT2D eigenvalue weighted by Crippen LogP contribution is -2.46. The average Bonchev–Trinajstić information content (AvgIpc) is 2.45. The molecule has 2 amide bonds. The maximum Gasteiger partial charge on any atom is 0.322 e. The molecule has 2 aliphatic rings. The van der Waals surface area contributed by atoms with Crippen molar-refractivity contribution in [2.24, 2.45) is 0 Å². The van der Waals surface area contributed by atoms with E-state index in [0.717, 1.165) is 30.0 Å². The predicted octanol–water partition coefficient (Wildman–Crippen LogP) is 3.08. The Balaban J connectivity index is 1.72. The van der Waals surface area contributed by atoms with Gasteiger partial charge in [-0.2, -0.15) is 0 Å². The molecule has 2 heterocycles. The third-order valence-electron chi connectivity index (χ3n) is 3.96. The molecule has 2 aliphatic heterocycles. The summed E-state index contributed by atoms with van der Waals surface area (Å²) in [5.74, 6) is 0. The van der Waals surface area contributed by atoms with Gasteiger partial charge in [0.1, 0.15) is 0 Å². The van der Waals surface area contributed by atoms with Crippen molar-refractivity contribution in [3.8, 4) is 0 Å². The van der Waals surface area contributed by atoms with Crippen LogP contribution >= 0.6 is 0 Å². The van der Waals surface area contributed by atoms with Gasteiger partial charge in [0.05, 0.1) is 11.4 Å². The van der Waals surface area contributed by atoms with Gasteiger partial charge in [0.2, 0.25) is 0 Å². The van der Waals surface area contributed by atoms with Crippen molar-refractivity contribution in [1.29, 1.82) is 0 Å². The topological polar surface area (TPSA) is 35.6 Å². The summed E-state index contributed by atoms with van der Waals surface area (Å²) in [5.41, 5.74) is 3.17. The second kappa shape index (κ2) is 5.57. The SMILES string of the molecule is C=C1CN(C(=O)Nc2ccccc2N2CCCCC2)C1. The number of likely N-dealkylation sites (tertiary alicyclic amines) is 1. The van der Waals surface area contributed by atoms with Gasteiger partial charge in [-0.1, -0.05) is 18.7 Å². The number of hydrogen-bond donors (Lipinski definition) is 1. The molecule has 0 aromatic heterocycles. The fourth-order valence-electron chi connectivity index (χ4n) is 2.82. The first kappa shape index (κ1) is 13.0. The van der Waals surface area contributed by atoms with Crippen molar-refractivity contribution in [2.45, 2.75) is 19.3 Å². The minimum Gasteiger partial charge on any atom is -0.370 e. The Labute approximate surface area is 120 Å². The van der Waals surface area contributed by atoms with Gasteiger partial charge in [-0.05, 0) is 37.0 Å². The quantitative estimate of drug-likeness (QED) is 0.839. The van der Waals surface area contributed by atoms with Crippen LogP contribution in [-0.4, -0.2) is 37.1 Å². The number of carbonyl (C=O) groups excluding carboxylic acids is 1. The molecule has 20 heavy (non-hydrogen) atoms. The van der Waals surface area contributed by atoms with Gasteiger partial charge in [0.15, 0.2) is 0 Å². The van der Waals surface area contributed by atoms with E-state index in [1.165, 1.54) is 19.3 Å². The molecule has 1 aromatic carbocycles. The molecule has 106 valence electrons. The summed E-state index contributed by atoms with van der Waals surface area (Å²) in [6.07, 6.45) is 3.77. The Morgan fingerprint density at radius 1 is 1.10 bits per heavy atom. The normalized spacial score (nSPS) is 18.7. The van der Waals surface area contributed by atoms with Crippen LogP contribution in [0.1, 0.15) is 19.3 Å². The number of amides is 2. The highest BCUT2D eigenvalue weighted by Crippen LogP contribution is 2.28. The minimum atomic E-state index is -0.0261. The molecule has 1 aromatic rings. The fraction of sp³-hybridized carbons (Fsp3) is 0.438. The maximum atomic E-state index is 12.1. The van der Waals surface area contributed by atoms with Crippen LogP contribution in [0.2, 0.25) is 0 Å². The lowest BCUT2D eigenvalue weighted by molar-refractivity contribution is 0.205. The molecule has 0 atom stereocenters. The van der Waals surface area contributed by atoms with Crippen LogP contribution in [0.15, 0.2) is 36.4 Å². The third-order valence-corrected chi connectivity index (χ3v) is 3.96. The zero-order chi connectivity index (χ0) is 13.9. The molecule has 0 aliphatic carbocycles. The van der Waals surface area contributed by atoms with Gasteiger partial charge < -0.3 is 15.1 Å². The smallest absolute Gasteiger partial charge is 0.322 e. The van der Waals surface area contributed by atoms with Crippen LogP contribution < -0.4 is 10.2 Å². The lowest BCUT2D eigenvalue weighted by Gasteiger charge is -2.34. The van der Waals surface area contributed by atoms with Crippen LogP contribution in [0, 0.1) is 0 Å². The predicted molar refractivity (Wildman–Crippen MR) is 82.2 cm³/mol. The molecule has 0 unspecified atom stereocenters. The van der Waals surface area contributed by atoms with Gasteiger partial charge in [-0.3, -0.25) is 0 Å². The van der Waals surface area contributed by atoms with E-state index >= 15 is 0 Å². The summed E-state index contributed by atoms with van der Waals surface area (Å²) in [5, 5.41) is 3.03. The number of hydrogen-bond acceptors (Lipinski definition) is 2. The van der Waals surface area contributed by atoms with Crippen LogP contribution in [0.5, 0.6) is 0 Å². The molecule has 2 fully saturated rings. The number of benzene rings is 1. The Hall–Kier alpha value is -1.97. The van der Waals surface area contributed by atoms with E-state index in [0.29, 0.717) is 13.1 Å². The maximum absolute atomic E-state index is 12.1. The van der Waals surface area contributed by atoms with Crippen molar-refractivity contribution < 1.29 is 4.79 Å². The summed E-state index contributed by atoms with van der Waals surface area (Å²) in [6.45, 7) is 7.37. The Morgan fingerprint density at radius 2 is 1.80 bits per heavy atom. The summed E-state index contributed by atoms with van der Waals surface area (Å²) >= 11 is 0.